The number of anilines is 2. The van der Waals surface area contributed by atoms with Crippen molar-refractivity contribution in [2.45, 2.75) is 9.79 Å². The van der Waals surface area contributed by atoms with Gasteiger partial charge >= 0.3 is 12.2 Å². The van der Waals surface area contributed by atoms with Gasteiger partial charge in [-0.2, -0.15) is 0 Å². The first-order chi connectivity index (χ1) is 23.7. The maximum atomic E-state index is 14.6. The summed E-state index contributed by atoms with van der Waals surface area (Å²) < 4.78 is 40.1. The molecular formula is C38H28N2O8S. The van der Waals surface area contributed by atoms with E-state index in [0.29, 0.717) is 22.5 Å². The van der Waals surface area contributed by atoms with Crippen molar-refractivity contribution in [3.63, 3.8) is 0 Å². The molecule has 0 atom stereocenters. The van der Waals surface area contributed by atoms with E-state index in [-0.39, 0.29) is 43.9 Å². The largest absolute Gasteiger partial charge is 0.508 e. The highest BCUT2D eigenvalue weighted by atomic mass is 32.2. The number of phenols is 2. The van der Waals surface area contributed by atoms with E-state index >= 15 is 0 Å². The predicted octanol–water partition coefficient (Wildman–Crippen LogP) is 8.49. The lowest BCUT2D eigenvalue weighted by Gasteiger charge is -2.17. The molecule has 10 nitrogen and oxygen atoms in total. The molecule has 2 amide bonds. The number of amides is 2. The number of nitrogens with one attached hydrogen (secondary N) is 2. The van der Waals surface area contributed by atoms with Crippen molar-refractivity contribution in [3.05, 3.63) is 146 Å². The van der Waals surface area contributed by atoms with Crippen molar-refractivity contribution in [2.24, 2.45) is 0 Å². The average molecular weight is 673 g/mol. The zero-order chi connectivity index (χ0) is 34.4. The molecule has 0 saturated carbocycles. The SMILES string of the molecule is O=C(Nc1ccccc1)Oc1ccc(S(=O)(=O)c2ccc(OC(=O)Nc3ccccc3)cc2-c2ccc(O)cc2)c(-c2ccc(O)cc2)c1. The Bertz CT molecular complexity index is 2070. The molecule has 0 unspecified atom stereocenters. The van der Waals surface area contributed by atoms with Crippen molar-refractivity contribution < 1.29 is 37.7 Å². The maximum Gasteiger partial charge on any atom is 0.417 e. The van der Waals surface area contributed by atoms with Crippen LogP contribution in [0.3, 0.4) is 0 Å². The van der Waals surface area contributed by atoms with Crippen LogP contribution < -0.4 is 20.1 Å². The lowest BCUT2D eigenvalue weighted by atomic mass is 10.0. The molecule has 0 aliphatic heterocycles. The van der Waals surface area contributed by atoms with Gasteiger partial charge in [-0.1, -0.05) is 60.7 Å². The van der Waals surface area contributed by atoms with E-state index in [2.05, 4.69) is 10.6 Å². The molecule has 244 valence electrons. The molecule has 11 heteroatoms. The Kier molecular flexibility index (Phi) is 9.27. The minimum atomic E-state index is -4.34. The summed E-state index contributed by atoms with van der Waals surface area (Å²) in [6, 6.07) is 37.5. The molecule has 49 heavy (non-hydrogen) atoms. The summed E-state index contributed by atoms with van der Waals surface area (Å²) >= 11 is 0. The number of sulfone groups is 1. The topological polar surface area (TPSA) is 151 Å². The number of aromatic hydroxyl groups is 2. The zero-order valence-corrected chi connectivity index (χ0v) is 26.4. The molecule has 0 aliphatic rings. The molecule has 6 aromatic carbocycles. The Morgan fingerprint density at radius 2 is 0.857 bits per heavy atom. The van der Waals surface area contributed by atoms with Crippen LogP contribution in [0, 0.1) is 0 Å². The summed E-state index contributed by atoms with van der Waals surface area (Å²) in [6.07, 6.45) is -1.56. The lowest BCUT2D eigenvalue weighted by molar-refractivity contribution is 0.214. The van der Waals surface area contributed by atoms with E-state index in [1.807, 2.05) is 0 Å². The van der Waals surface area contributed by atoms with Crippen LogP contribution in [0.2, 0.25) is 0 Å². The van der Waals surface area contributed by atoms with Crippen LogP contribution in [0.1, 0.15) is 0 Å². The van der Waals surface area contributed by atoms with Gasteiger partial charge in [0.05, 0.1) is 9.79 Å². The van der Waals surface area contributed by atoms with Crippen LogP contribution in [0.15, 0.2) is 155 Å². The van der Waals surface area contributed by atoms with Crippen molar-refractivity contribution in [1.29, 1.82) is 0 Å². The number of benzene rings is 6. The fraction of sp³-hybridized carbons (Fsp3) is 0. The van der Waals surface area contributed by atoms with Gasteiger partial charge in [0.1, 0.15) is 23.0 Å². The monoisotopic (exact) mass is 672 g/mol. The van der Waals surface area contributed by atoms with Crippen LogP contribution in [-0.2, 0) is 9.84 Å². The van der Waals surface area contributed by atoms with Gasteiger partial charge in [-0.3, -0.25) is 10.6 Å². The molecule has 0 spiro atoms. The van der Waals surface area contributed by atoms with Gasteiger partial charge in [-0.15, -0.1) is 0 Å². The summed E-state index contributed by atoms with van der Waals surface area (Å²) in [6.45, 7) is 0. The predicted molar refractivity (Wildman–Crippen MR) is 185 cm³/mol. The summed E-state index contributed by atoms with van der Waals surface area (Å²) in [7, 11) is -4.34. The number of phenolic OH excluding ortho intramolecular Hbond substituents is 2. The first kappa shape index (κ1) is 32.4. The molecular weight excluding hydrogens is 644 g/mol. The fourth-order valence-corrected chi connectivity index (χ4v) is 6.67. The highest BCUT2D eigenvalue weighted by Gasteiger charge is 2.27. The van der Waals surface area contributed by atoms with Crippen molar-refractivity contribution in [2.75, 3.05) is 10.6 Å². The Labute approximate surface area is 281 Å². The first-order valence-corrected chi connectivity index (χ1v) is 16.3. The second kappa shape index (κ2) is 14.0. The standard InChI is InChI=1S/C38H28N2O8S/c41-29-15-11-25(12-16-29)33-23-31(47-37(43)39-27-7-3-1-4-8-27)19-21-35(33)49(45,46)36-22-20-32(24-34(36)26-13-17-30(42)18-14-26)48-38(44)40-28-9-5-2-6-10-28/h1-24,41-42H,(H,39,43)(H,40,44). The van der Waals surface area contributed by atoms with E-state index in [4.69, 9.17) is 9.47 Å². The van der Waals surface area contributed by atoms with E-state index in [0.717, 1.165) is 0 Å². The van der Waals surface area contributed by atoms with Gasteiger partial charge in [-0.05, 0) is 96.1 Å². The quantitative estimate of drug-likeness (QED) is 0.126. The average Bonchev–Trinajstić information content (AvgIpc) is 3.09. The zero-order valence-electron chi connectivity index (χ0n) is 25.6. The second-order valence-corrected chi connectivity index (χ2v) is 12.6. The Morgan fingerprint density at radius 1 is 0.490 bits per heavy atom. The summed E-state index contributed by atoms with van der Waals surface area (Å²) in [5.41, 5.74) is 2.27. The van der Waals surface area contributed by atoms with Gasteiger partial charge in [-0.25, -0.2) is 18.0 Å². The van der Waals surface area contributed by atoms with Gasteiger partial charge in [0.25, 0.3) is 0 Å². The van der Waals surface area contributed by atoms with E-state index < -0.39 is 22.0 Å². The molecule has 0 heterocycles. The Balaban J connectivity index is 1.40. The van der Waals surface area contributed by atoms with Crippen molar-refractivity contribution in [1.82, 2.24) is 0 Å². The van der Waals surface area contributed by atoms with Gasteiger partial charge < -0.3 is 19.7 Å². The molecule has 0 saturated heterocycles. The normalized spacial score (nSPS) is 10.9. The highest BCUT2D eigenvalue weighted by molar-refractivity contribution is 7.91. The van der Waals surface area contributed by atoms with Crippen LogP contribution in [0.4, 0.5) is 21.0 Å². The third-order valence-electron chi connectivity index (χ3n) is 7.30. The number of hydrogen-bond acceptors (Lipinski definition) is 8. The van der Waals surface area contributed by atoms with E-state index in [1.54, 1.807) is 84.9 Å². The smallest absolute Gasteiger partial charge is 0.417 e. The van der Waals surface area contributed by atoms with E-state index in [1.165, 1.54) is 60.7 Å². The highest BCUT2D eigenvalue weighted by Crippen LogP contribution is 2.40. The number of hydrogen-bond donors (Lipinski definition) is 4. The minimum absolute atomic E-state index is 0.0238. The summed E-state index contributed by atoms with van der Waals surface area (Å²) in [5.74, 6) is 0.0957. The second-order valence-electron chi connectivity index (χ2n) is 10.7. The van der Waals surface area contributed by atoms with Crippen molar-refractivity contribution in [3.8, 4) is 45.3 Å². The maximum absolute atomic E-state index is 14.6. The number of rotatable bonds is 8. The molecule has 0 radical (unpaired) electrons. The third kappa shape index (κ3) is 7.70. The molecule has 6 aromatic rings. The lowest BCUT2D eigenvalue weighted by Crippen LogP contribution is -2.17. The number of ether oxygens (including phenoxy) is 2. The number of carbonyl (C=O) groups excluding carboxylic acids is 2. The van der Waals surface area contributed by atoms with Crippen LogP contribution >= 0.6 is 0 Å². The molecule has 6 rings (SSSR count). The summed E-state index contributed by atoms with van der Waals surface area (Å²) in [5, 5.41) is 25.1. The van der Waals surface area contributed by atoms with Gasteiger partial charge in [0.15, 0.2) is 0 Å². The molecule has 4 N–H and O–H groups in total. The molecule has 0 aliphatic carbocycles. The van der Waals surface area contributed by atoms with Crippen LogP contribution in [0.5, 0.6) is 23.0 Å². The minimum Gasteiger partial charge on any atom is -0.508 e. The van der Waals surface area contributed by atoms with Crippen molar-refractivity contribution >= 4 is 33.4 Å². The van der Waals surface area contributed by atoms with Crippen LogP contribution in [-0.4, -0.2) is 30.8 Å². The van der Waals surface area contributed by atoms with E-state index in [9.17, 15) is 28.2 Å². The molecule has 0 aromatic heterocycles. The van der Waals surface area contributed by atoms with Gasteiger partial charge in [0, 0.05) is 22.5 Å². The third-order valence-corrected chi connectivity index (χ3v) is 9.17. The number of carbonyl (C=O) groups is 2. The first-order valence-electron chi connectivity index (χ1n) is 14.9. The molecule has 0 fully saturated rings. The Morgan fingerprint density at radius 3 is 1.22 bits per heavy atom. The molecule has 0 bridgehead atoms. The number of para-hydroxylation sites is 2. The van der Waals surface area contributed by atoms with Crippen LogP contribution in [0.25, 0.3) is 22.3 Å². The summed E-state index contributed by atoms with van der Waals surface area (Å²) in [4.78, 5) is 25.1. The van der Waals surface area contributed by atoms with Gasteiger partial charge in [0.2, 0.25) is 9.84 Å². The Hall–Kier alpha value is -6.59. The fourth-order valence-electron chi connectivity index (χ4n) is 5.01.